The maximum Gasteiger partial charge on any atom is 0.352 e. The molecule has 0 aromatic carbocycles. The molecule has 0 unspecified atom stereocenters. The van der Waals surface area contributed by atoms with E-state index >= 15 is 0 Å². The Labute approximate surface area is 103 Å². The summed E-state index contributed by atoms with van der Waals surface area (Å²) in [6.07, 6.45) is 1.03. The zero-order valence-electron chi connectivity index (χ0n) is 9.38. The van der Waals surface area contributed by atoms with E-state index < -0.39 is 12.1 Å². The summed E-state index contributed by atoms with van der Waals surface area (Å²) in [7, 11) is 0. The molecule has 0 aromatic rings. The lowest BCUT2D eigenvalue weighted by molar-refractivity contribution is -0.163. The first-order valence-electron chi connectivity index (χ1n) is 5.18. The normalized spacial score (nSPS) is 27.6. The van der Waals surface area contributed by atoms with Crippen LogP contribution < -0.4 is 0 Å². The van der Waals surface area contributed by atoms with E-state index in [0.29, 0.717) is 17.9 Å². The Morgan fingerprint density at radius 3 is 3.06 bits per heavy atom. The molecule has 2 rings (SSSR count). The number of rotatable bonds is 4. The third kappa shape index (κ3) is 1.87. The third-order valence-corrected chi connectivity index (χ3v) is 4.11. The van der Waals surface area contributed by atoms with E-state index in [1.807, 2.05) is 0 Å². The van der Waals surface area contributed by atoms with Gasteiger partial charge in [-0.2, -0.15) is 0 Å². The molecule has 1 saturated heterocycles. The number of nitrogens with zero attached hydrogens (tertiary/aromatic N) is 1. The molecule has 0 spiro atoms. The fourth-order valence-corrected chi connectivity index (χ4v) is 3.22. The maximum absolute atomic E-state index is 11.8. The van der Waals surface area contributed by atoms with E-state index in [-0.39, 0.29) is 17.0 Å². The second kappa shape index (κ2) is 4.54. The summed E-state index contributed by atoms with van der Waals surface area (Å²) < 4.78 is 5.33. The number of carboxylic acid groups (broad SMARTS) is 1. The summed E-state index contributed by atoms with van der Waals surface area (Å²) in [6, 6.07) is 0. The zero-order valence-corrected chi connectivity index (χ0v) is 10.2. The Morgan fingerprint density at radius 2 is 2.47 bits per heavy atom. The lowest BCUT2D eigenvalue weighted by atomic mass is 10.1. The maximum atomic E-state index is 11.8. The van der Waals surface area contributed by atoms with Crippen LogP contribution in [-0.4, -0.2) is 45.7 Å². The molecule has 2 heterocycles. The molecule has 1 amide bonds. The lowest BCUT2D eigenvalue weighted by Crippen LogP contribution is -2.65. The second-order valence-electron chi connectivity index (χ2n) is 3.89. The smallest absolute Gasteiger partial charge is 0.352 e. The highest BCUT2D eigenvalue weighted by Crippen LogP contribution is 2.41. The first-order valence-corrected chi connectivity index (χ1v) is 6.23. The standard InChI is InChI=1S/C11H13NO4S/c1-3-4-16-8-9(13)12-7(11(14)15)6(2)5-17-10(8)12/h3,8,10H,1,4-5H2,2H3,(H,14,15)/t8-,10-/m0/s1. The Balaban J connectivity index is 2.18. The van der Waals surface area contributed by atoms with E-state index in [1.54, 1.807) is 13.0 Å². The number of thioether (sulfide) groups is 1. The fraction of sp³-hybridized carbons (Fsp3) is 0.455. The molecular weight excluding hydrogens is 242 g/mol. The summed E-state index contributed by atoms with van der Waals surface area (Å²) in [6.45, 7) is 5.55. The van der Waals surface area contributed by atoms with E-state index in [1.165, 1.54) is 16.7 Å². The number of fused-ring (bicyclic) bond motifs is 1. The van der Waals surface area contributed by atoms with Crippen molar-refractivity contribution in [1.29, 1.82) is 0 Å². The van der Waals surface area contributed by atoms with Crippen molar-refractivity contribution >= 4 is 23.6 Å². The van der Waals surface area contributed by atoms with Crippen molar-refractivity contribution in [2.24, 2.45) is 0 Å². The van der Waals surface area contributed by atoms with Crippen LogP contribution in [0.25, 0.3) is 0 Å². The molecule has 0 saturated carbocycles. The van der Waals surface area contributed by atoms with Crippen molar-refractivity contribution in [3.8, 4) is 0 Å². The van der Waals surface area contributed by atoms with Crippen LogP contribution in [0.2, 0.25) is 0 Å². The van der Waals surface area contributed by atoms with Gasteiger partial charge in [0.15, 0.2) is 6.10 Å². The number of ether oxygens (including phenoxy) is 1. The SMILES string of the molecule is C=CCO[C@H]1C(=O)N2C(C(=O)O)=C(C)CS[C@@H]12. The van der Waals surface area contributed by atoms with Crippen LogP contribution in [0.3, 0.4) is 0 Å². The minimum absolute atomic E-state index is 0.109. The van der Waals surface area contributed by atoms with E-state index in [9.17, 15) is 9.59 Å². The minimum Gasteiger partial charge on any atom is -0.477 e. The van der Waals surface area contributed by atoms with Crippen LogP contribution in [-0.2, 0) is 14.3 Å². The molecule has 0 radical (unpaired) electrons. The minimum atomic E-state index is -1.05. The lowest BCUT2D eigenvalue weighted by Gasteiger charge is -2.48. The highest BCUT2D eigenvalue weighted by Gasteiger charge is 2.53. The predicted molar refractivity (Wildman–Crippen MR) is 63.4 cm³/mol. The summed E-state index contributed by atoms with van der Waals surface area (Å²) >= 11 is 1.53. The zero-order chi connectivity index (χ0) is 12.6. The summed E-state index contributed by atoms with van der Waals surface area (Å²) in [5.74, 6) is -0.714. The van der Waals surface area contributed by atoms with E-state index in [4.69, 9.17) is 9.84 Å². The van der Waals surface area contributed by atoms with Gasteiger partial charge in [-0.1, -0.05) is 6.08 Å². The van der Waals surface area contributed by atoms with Gasteiger partial charge in [-0.25, -0.2) is 4.79 Å². The first kappa shape index (κ1) is 12.2. The van der Waals surface area contributed by atoms with Crippen molar-refractivity contribution < 1.29 is 19.4 Å². The van der Waals surface area contributed by atoms with Gasteiger partial charge in [-0.3, -0.25) is 9.69 Å². The van der Waals surface area contributed by atoms with Gasteiger partial charge in [0.25, 0.3) is 5.91 Å². The molecule has 1 N–H and O–H groups in total. The quantitative estimate of drug-likeness (QED) is 0.595. The van der Waals surface area contributed by atoms with Crippen LogP contribution in [0.1, 0.15) is 6.92 Å². The van der Waals surface area contributed by atoms with Crippen molar-refractivity contribution in [3.05, 3.63) is 23.9 Å². The molecule has 17 heavy (non-hydrogen) atoms. The van der Waals surface area contributed by atoms with Gasteiger partial charge in [0.1, 0.15) is 11.1 Å². The van der Waals surface area contributed by atoms with Crippen molar-refractivity contribution in [1.82, 2.24) is 4.90 Å². The Morgan fingerprint density at radius 1 is 1.76 bits per heavy atom. The molecule has 6 heteroatoms. The number of carboxylic acids is 1. The van der Waals surface area contributed by atoms with Gasteiger partial charge in [0.05, 0.1) is 6.61 Å². The predicted octanol–water partition coefficient (Wildman–Crippen LogP) is 0.831. The Hall–Kier alpha value is -1.27. The molecule has 2 atom stereocenters. The number of hydrogen-bond donors (Lipinski definition) is 1. The van der Waals surface area contributed by atoms with E-state index in [2.05, 4.69) is 6.58 Å². The number of carbonyl (C=O) groups excluding carboxylic acids is 1. The number of hydrogen-bond acceptors (Lipinski definition) is 4. The average Bonchev–Trinajstić information content (AvgIpc) is 2.29. The molecule has 0 bridgehead atoms. The van der Waals surface area contributed by atoms with Gasteiger partial charge in [-0.05, 0) is 12.5 Å². The molecular formula is C11H13NO4S. The number of carbonyl (C=O) groups is 2. The number of β-lactam (4-membered cyclic amide) rings is 1. The first-order chi connectivity index (χ1) is 8.07. The molecule has 0 aliphatic carbocycles. The number of amides is 1. The van der Waals surface area contributed by atoms with Crippen LogP contribution in [0.5, 0.6) is 0 Å². The molecule has 0 aromatic heterocycles. The highest BCUT2D eigenvalue weighted by atomic mass is 32.2. The molecule has 1 fully saturated rings. The molecule has 2 aliphatic heterocycles. The van der Waals surface area contributed by atoms with Gasteiger partial charge in [-0.15, -0.1) is 18.3 Å². The van der Waals surface area contributed by atoms with Gasteiger partial charge < -0.3 is 9.84 Å². The fourth-order valence-electron chi connectivity index (χ4n) is 1.93. The largest absolute Gasteiger partial charge is 0.477 e. The van der Waals surface area contributed by atoms with Gasteiger partial charge in [0.2, 0.25) is 0 Å². The van der Waals surface area contributed by atoms with Crippen LogP contribution in [0.4, 0.5) is 0 Å². The Kier molecular flexibility index (Phi) is 3.26. The van der Waals surface area contributed by atoms with Crippen molar-refractivity contribution in [2.45, 2.75) is 18.4 Å². The van der Waals surface area contributed by atoms with Gasteiger partial charge in [0, 0.05) is 5.75 Å². The van der Waals surface area contributed by atoms with Crippen LogP contribution in [0.15, 0.2) is 23.9 Å². The van der Waals surface area contributed by atoms with Gasteiger partial charge >= 0.3 is 5.97 Å². The summed E-state index contributed by atoms with van der Waals surface area (Å²) in [5, 5.41) is 8.88. The average molecular weight is 255 g/mol. The summed E-state index contributed by atoms with van der Waals surface area (Å²) in [4.78, 5) is 24.2. The van der Waals surface area contributed by atoms with Crippen LogP contribution in [0, 0.1) is 0 Å². The summed E-state index contributed by atoms with van der Waals surface area (Å²) in [5.41, 5.74) is 0.825. The van der Waals surface area contributed by atoms with E-state index in [0.717, 1.165) is 0 Å². The molecule has 5 nitrogen and oxygen atoms in total. The molecule has 92 valence electrons. The Bertz CT molecular complexity index is 418. The topological polar surface area (TPSA) is 66.8 Å². The third-order valence-electron chi connectivity index (χ3n) is 2.71. The monoisotopic (exact) mass is 255 g/mol. The second-order valence-corrected chi connectivity index (χ2v) is 4.99. The number of aliphatic carboxylic acids is 1. The van der Waals surface area contributed by atoms with Crippen molar-refractivity contribution in [3.63, 3.8) is 0 Å². The highest BCUT2D eigenvalue weighted by molar-refractivity contribution is 8.00. The van der Waals surface area contributed by atoms with Crippen LogP contribution >= 0.6 is 11.8 Å². The van der Waals surface area contributed by atoms with Crippen molar-refractivity contribution in [2.75, 3.05) is 12.4 Å². The molecule has 2 aliphatic rings.